The molecule has 0 spiro atoms. The Bertz CT molecular complexity index is 566. The van der Waals surface area contributed by atoms with Crippen LogP contribution in [0.4, 0.5) is 4.39 Å². The first-order valence-electron chi connectivity index (χ1n) is 6.94. The summed E-state index contributed by atoms with van der Waals surface area (Å²) in [5, 5.41) is 4.01. The van der Waals surface area contributed by atoms with Gasteiger partial charge in [-0.2, -0.15) is 0 Å². The van der Waals surface area contributed by atoms with Gasteiger partial charge in [-0.05, 0) is 42.3 Å². The molecule has 0 saturated heterocycles. The molecule has 0 amide bonds. The molecule has 2 rings (SSSR count). The second-order valence-electron chi connectivity index (χ2n) is 4.76. The molecule has 2 aromatic rings. The lowest BCUT2D eigenvalue weighted by Crippen LogP contribution is -2.19. The SMILES string of the molecule is CCNC(CC)c1ccc(-c2cc(F)ccc2Cl)cc1. The lowest BCUT2D eigenvalue weighted by Gasteiger charge is -2.16. The second-order valence-corrected chi connectivity index (χ2v) is 5.17. The van der Waals surface area contributed by atoms with Crippen LogP contribution < -0.4 is 5.32 Å². The average Bonchev–Trinajstić information content (AvgIpc) is 2.47. The molecule has 1 N–H and O–H groups in total. The minimum atomic E-state index is -0.271. The number of nitrogens with one attached hydrogen (secondary N) is 1. The zero-order valence-corrected chi connectivity index (χ0v) is 12.5. The van der Waals surface area contributed by atoms with Crippen molar-refractivity contribution in [1.29, 1.82) is 0 Å². The highest BCUT2D eigenvalue weighted by Crippen LogP contribution is 2.29. The quantitative estimate of drug-likeness (QED) is 0.797. The van der Waals surface area contributed by atoms with Gasteiger partial charge in [0.2, 0.25) is 0 Å². The molecule has 0 aliphatic rings. The van der Waals surface area contributed by atoms with Crippen LogP contribution in [0, 0.1) is 5.82 Å². The van der Waals surface area contributed by atoms with E-state index in [9.17, 15) is 4.39 Å². The molecule has 0 aliphatic carbocycles. The van der Waals surface area contributed by atoms with Crippen molar-refractivity contribution in [2.45, 2.75) is 26.3 Å². The van der Waals surface area contributed by atoms with Crippen LogP contribution in [0.1, 0.15) is 31.9 Å². The van der Waals surface area contributed by atoms with E-state index in [0.717, 1.165) is 24.1 Å². The molecule has 0 aliphatic heterocycles. The van der Waals surface area contributed by atoms with E-state index >= 15 is 0 Å². The van der Waals surface area contributed by atoms with E-state index < -0.39 is 0 Å². The van der Waals surface area contributed by atoms with Gasteiger partial charge in [0, 0.05) is 16.6 Å². The fourth-order valence-electron chi connectivity index (χ4n) is 2.36. The maximum absolute atomic E-state index is 13.3. The van der Waals surface area contributed by atoms with E-state index in [1.807, 2.05) is 12.1 Å². The zero-order valence-electron chi connectivity index (χ0n) is 11.8. The van der Waals surface area contributed by atoms with E-state index in [-0.39, 0.29) is 5.82 Å². The van der Waals surface area contributed by atoms with Crippen molar-refractivity contribution in [3.8, 4) is 11.1 Å². The molecular weight excluding hydrogens is 273 g/mol. The van der Waals surface area contributed by atoms with Crippen molar-refractivity contribution in [3.05, 3.63) is 58.9 Å². The van der Waals surface area contributed by atoms with Crippen LogP contribution in [-0.4, -0.2) is 6.54 Å². The molecule has 0 bridgehead atoms. The Kier molecular flexibility index (Phi) is 5.16. The number of hydrogen-bond acceptors (Lipinski definition) is 1. The molecule has 0 saturated carbocycles. The van der Waals surface area contributed by atoms with Gasteiger partial charge in [-0.1, -0.05) is 49.7 Å². The average molecular weight is 292 g/mol. The predicted molar refractivity (Wildman–Crippen MR) is 83.6 cm³/mol. The van der Waals surface area contributed by atoms with Crippen LogP contribution in [0.15, 0.2) is 42.5 Å². The smallest absolute Gasteiger partial charge is 0.123 e. The Morgan fingerprint density at radius 3 is 2.40 bits per heavy atom. The lowest BCUT2D eigenvalue weighted by molar-refractivity contribution is 0.537. The summed E-state index contributed by atoms with van der Waals surface area (Å²) in [7, 11) is 0. The van der Waals surface area contributed by atoms with Crippen molar-refractivity contribution in [3.63, 3.8) is 0 Å². The van der Waals surface area contributed by atoms with Crippen LogP contribution in [0.3, 0.4) is 0 Å². The molecule has 1 nitrogen and oxygen atoms in total. The summed E-state index contributed by atoms with van der Waals surface area (Å²) in [6.45, 7) is 5.20. The van der Waals surface area contributed by atoms with Gasteiger partial charge in [0.15, 0.2) is 0 Å². The Morgan fingerprint density at radius 2 is 1.80 bits per heavy atom. The summed E-state index contributed by atoms with van der Waals surface area (Å²) in [4.78, 5) is 0. The summed E-state index contributed by atoms with van der Waals surface area (Å²) in [6, 6.07) is 12.9. The van der Waals surface area contributed by atoms with Crippen molar-refractivity contribution in [2.75, 3.05) is 6.54 Å². The third kappa shape index (κ3) is 3.38. The van der Waals surface area contributed by atoms with Crippen LogP contribution in [-0.2, 0) is 0 Å². The van der Waals surface area contributed by atoms with Gasteiger partial charge >= 0.3 is 0 Å². The second kappa shape index (κ2) is 6.87. The number of hydrogen-bond donors (Lipinski definition) is 1. The number of benzene rings is 2. The lowest BCUT2D eigenvalue weighted by atomic mass is 9.99. The molecule has 20 heavy (non-hydrogen) atoms. The predicted octanol–water partition coefficient (Wildman–Crippen LogP) is 5.21. The zero-order chi connectivity index (χ0) is 14.5. The summed E-state index contributed by atoms with van der Waals surface area (Å²) in [5.74, 6) is -0.271. The van der Waals surface area contributed by atoms with Gasteiger partial charge in [-0.15, -0.1) is 0 Å². The van der Waals surface area contributed by atoms with Crippen molar-refractivity contribution in [1.82, 2.24) is 5.32 Å². The summed E-state index contributed by atoms with van der Waals surface area (Å²) < 4.78 is 13.3. The van der Waals surface area contributed by atoms with E-state index in [4.69, 9.17) is 11.6 Å². The van der Waals surface area contributed by atoms with Gasteiger partial charge in [0.1, 0.15) is 5.82 Å². The molecule has 1 unspecified atom stereocenters. The third-order valence-corrected chi connectivity index (χ3v) is 3.74. The normalized spacial score (nSPS) is 12.4. The monoisotopic (exact) mass is 291 g/mol. The minimum absolute atomic E-state index is 0.271. The van der Waals surface area contributed by atoms with Crippen LogP contribution in [0.5, 0.6) is 0 Å². The first-order valence-corrected chi connectivity index (χ1v) is 7.32. The third-order valence-electron chi connectivity index (χ3n) is 3.41. The van der Waals surface area contributed by atoms with Crippen LogP contribution in [0.25, 0.3) is 11.1 Å². The standard InChI is InChI=1S/C17H19ClFN/c1-3-17(20-4-2)13-7-5-12(6-8-13)15-11-14(19)9-10-16(15)18/h5-11,17,20H,3-4H2,1-2H3. The van der Waals surface area contributed by atoms with Gasteiger partial charge in [-0.25, -0.2) is 4.39 Å². The van der Waals surface area contributed by atoms with Gasteiger partial charge < -0.3 is 5.32 Å². The molecule has 0 heterocycles. The minimum Gasteiger partial charge on any atom is -0.310 e. The maximum Gasteiger partial charge on any atom is 0.123 e. The molecule has 0 fully saturated rings. The Hall–Kier alpha value is -1.38. The first-order chi connectivity index (χ1) is 9.65. The summed E-state index contributed by atoms with van der Waals surface area (Å²) in [6.07, 6.45) is 1.04. The summed E-state index contributed by atoms with van der Waals surface area (Å²) >= 11 is 6.13. The molecule has 106 valence electrons. The van der Waals surface area contributed by atoms with Gasteiger partial charge in [0.25, 0.3) is 0 Å². The molecule has 0 aromatic heterocycles. The highest BCUT2D eigenvalue weighted by molar-refractivity contribution is 6.33. The van der Waals surface area contributed by atoms with Crippen molar-refractivity contribution < 1.29 is 4.39 Å². The Labute approximate surface area is 124 Å². The van der Waals surface area contributed by atoms with Crippen molar-refractivity contribution in [2.24, 2.45) is 0 Å². The first kappa shape index (κ1) is 15.0. The van der Waals surface area contributed by atoms with Gasteiger partial charge in [-0.3, -0.25) is 0 Å². The van der Waals surface area contributed by atoms with Crippen LogP contribution in [0.2, 0.25) is 5.02 Å². The molecule has 3 heteroatoms. The van der Waals surface area contributed by atoms with Crippen LogP contribution >= 0.6 is 11.6 Å². The van der Waals surface area contributed by atoms with Gasteiger partial charge in [0.05, 0.1) is 0 Å². The highest BCUT2D eigenvalue weighted by Gasteiger charge is 2.09. The fourth-order valence-corrected chi connectivity index (χ4v) is 2.58. The molecule has 1 atom stereocenters. The van der Waals surface area contributed by atoms with E-state index in [0.29, 0.717) is 11.1 Å². The topological polar surface area (TPSA) is 12.0 Å². The Balaban J connectivity index is 2.30. The highest BCUT2D eigenvalue weighted by atomic mass is 35.5. The molecule has 2 aromatic carbocycles. The fraction of sp³-hybridized carbons (Fsp3) is 0.294. The summed E-state index contributed by atoms with van der Waals surface area (Å²) in [5.41, 5.74) is 2.91. The van der Waals surface area contributed by atoms with E-state index in [2.05, 4.69) is 31.3 Å². The number of halogens is 2. The molecular formula is C17H19ClFN. The van der Waals surface area contributed by atoms with Crippen molar-refractivity contribution >= 4 is 11.6 Å². The number of rotatable bonds is 5. The Morgan fingerprint density at radius 1 is 1.10 bits per heavy atom. The maximum atomic E-state index is 13.3. The molecule has 0 radical (unpaired) electrons. The van der Waals surface area contributed by atoms with E-state index in [1.54, 1.807) is 6.07 Å². The largest absolute Gasteiger partial charge is 0.310 e. The van der Waals surface area contributed by atoms with E-state index in [1.165, 1.54) is 17.7 Å².